The van der Waals surface area contributed by atoms with E-state index in [1.165, 1.54) is 10.6 Å². The molecule has 2 aliphatic rings. The lowest BCUT2D eigenvalue weighted by Gasteiger charge is -2.34. The molecule has 1 unspecified atom stereocenters. The Morgan fingerprint density at radius 2 is 1.97 bits per heavy atom. The molecule has 0 saturated carbocycles. The van der Waals surface area contributed by atoms with Crippen LogP contribution < -0.4 is 4.90 Å². The van der Waals surface area contributed by atoms with Crippen molar-refractivity contribution in [1.29, 1.82) is 0 Å². The number of hydrogen-bond acceptors (Lipinski definition) is 5. The van der Waals surface area contributed by atoms with Crippen molar-refractivity contribution in [2.75, 3.05) is 24.5 Å². The van der Waals surface area contributed by atoms with Gasteiger partial charge in [0, 0.05) is 30.8 Å². The number of halogens is 4. The van der Waals surface area contributed by atoms with Gasteiger partial charge in [-0.05, 0) is 25.0 Å². The molecule has 0 amide bonds. The van der Waals surface area contributed by atoms with Gasteiger partial charge in [0.2, 0.25) is 5.97 Å². The first-order valence-corrected chi connectivity index (χ1v) is 9.93. The molecule has 0 N–H and O–H groups in total. The molecule has 160 valence electrons. The summed E-state index contributed by atoms with van der Waals surface area (Å²) in [5.41, 5.74) is 0.906. The molecule has 1 saturated heterocycles. The van der Waals surface area contributed by atoms with Crippen LogP contribution in [0.2, 0.25) is 0 Å². The number of anilines is 1. The molecule has 0 spiro atoms. The van der Waals surface area contributed by atoms with E-state index in [2.05, 4.69) is 24.8 Å². The van der Waals surface area contributed by atoms with Gasteiger partial charge in [-0.15, -0.1) is 0 Å². The fraction of sp³-hybridized carbons (Fsp3) is 0.333. The van der Waals surface area contributed by atoms with E-state index in [0.717, 1.165) is 31.8 Å². The van der Waals surface area contributed by atoms with Crippen molar-refractivity contribution in [3.63, 3.8) is 0 Å². The number of rotatable bonds is 3. The molecule has 6 nitrogen and oxygen atoms in total. The second-order valence-corrected chi connectivity index (χ2v) is 7.60. The van der Waals surface area contributed by atoms with E-state index < -0.39 is 11.9 Å². The third-order valence-electron chi connectivity index (χ3n) is 5.65. The molecule has 0 radical (unpaired) electrons. The van der Waals surface area contributed by atoms with E-state index in [0.29, 0.717) is 41.5 Å². The molecule has 3 aromatic rings. The number of nitrogens with zero attached hydrogens (tertiary/aromatic N) is 6. The summed E-state index contributed by atoms with van der Waals surface area (Å²) >= 11 is 0. The summed E-state index contributed by atoms with van der Waals surface area (Å²) in [5.74, 6) is 0.355. The Hall–Kier alpha value is -3.30. The van der Waals surface area contributed by atoms with Crippen LogP contribution in [0, 0.1) is 5.92 Å². The number of aromatic nitrogens is 4. The number of hydrogen-bond donors (Lipinski definition) is 0. The first-order chi connectivity index (χ1) is 14.9. The van der Waals surface area contributed by atoms with E-state index in [-0.39, 0.29) is 11.9 Å². The number of fused-ring (bicyclic) bond motifs is 1. The smallest absolute Gasteiger partial charge is 0.356 e. The molecule has 1 fully saturated rings. The van der Waals surface area contributed by atoms with Crippen molar-refractivity contribution < 1.29 is 17.6 Å². The number of pyridine rings is 1. The van der Waals surface area contributed by atoms with Crippen molar-refractivity contribution in [1.82, 2.24) is 19.4 Å². The third-order valence-corrected chi connectivity index (χ3v) is 5.65. The summed E-state index contributed by atoms with van der Waals surface area (Å²) in [4.78, 5) is 18.2. The quantitative estimate of drug-likeness (QED) is 0.581. The Kier molecular flexibility index (Phi) is 4.71. The molecule has 0 aromatic carbocycles. The van der Waals surface area contributed by atoms with E-state index in [9.17, 15) is 17.6 Å². The maximum absolute atomic E-state index is 14.0. The average Bonchev–Trinajstić information content (AvgIpc) is 3.39. The summed E-state index contributed by atoms with van der Waals surface area (Å²) in [5, 5.41) is 0. The predicted octanol–water partition coefficient (Wildman–Crippen LogP) is 4.33. The maximum Gasteiger partial charge on any atom is 0.434 e. The molecular weight excluding hydrogens is 412 g/mol. The highest BCUT2D eigenvalue weighted by molar-refractivity contribution is 5.95. The van der Waals surface area contributed by atoms with Crippen molar-refractivity contribution in [3.8, 4) is 11.4 Å². The van der Waals surface area contributed by atoms with Crippen LogP contribution in [-0.2, 0) is 6.18 Å². The summed E-state index contributed by atoms with van der Waals surface area (Å²) in [6, 6.07) is 5.39. The van der Waals surface area contributed by atoms with Gasteiger partial charge in [0.1, 0.15) is 5.82 Å². The molecule has 0 aliphatic carbocycles. The Balaban J connectivity index is 1.46. The van der Waals surface area contributed by atoms with Crippen LogP contribution in [0.25, 0.3) is 17.0 Å². The highest BCUT2D eigenvalue weighted by Crippen LogP contribution is 2.31. The van der Waals surface area contributed by atoms with Gasteiger partial charge in [0.25, 0.3) is 0 Å². The minimum Gasteiger partial charge on any atom is -0.356 e. The minimum absolute atomic E-state index is 0.0432. The second-order valence-electron chi connectivity index (χ2n) is 7.60. The maximum atomic E-state index is 14.0. The lowest BCUT2D eigenvalue weighted by Crippen LogP contribution is -2.37. The third kappa shape index (κ3) is 3.66. The van der Waals surface area contributed by atoms with E-state index in [4.69, 9.17) is 0 Å². The number of aliphatic imine (C=N–C) groups is 1. The molecule has 5 rings (SSSR count). The van der Waals surface area contributed by atoms with E-state index >= 15 is 0 Å². The highest BCUT2D eigenvalue weighted by Gasteiger charge is 2.33. The van der Waals surface area contributed by atoms with Crippen molar-refractivity contribution in [3.05, 3.63) is 54.1 Å². The van der Waals surface area contributed by atoms with Crippen LogP contribution >= 0.6 is 0 Å². The standard InChI is InChI=1S/C21H18F4N6/c22-20-14(6-7-26-20)13-3-2-8-30(11-13)18-5-1-4-15(29-18)16-9-28-19-10-27-17(12-31(16)19)21(23,24)25/h1,4-6,9-10,12-13H,2-3,7-8,11H2. The molecule has 3 aromatic heterocycles. The van der Waals surface area contributed by atoms with Gasteiger partial charge in [-0.25, -0.2) is 15.0 Å². The fourth-order valence-electron chi connectivity index (χ4n) is 4.14. The predicted molar refractivity (Wildman–Crippen MR) is 108 cm³/mol. The van der Waals surface area contributed by atoms with Gasteiger partial charge in [0.05, 0.1) is 30.3 Å². The monoisotopic (exact) mass is 430 g/mol. The van der Waals surface area contributed by atoms with Gasteiger partial charge in [-0.2, -0.15) is 17.6 Å². The molecule has 0 bridgehead atoms. The summed E-state index contributed by atoms with van der Waals surface area (Å²) in [7, 11) is 0. The van der Waals surface area contributed by atoms with Crippen molar-refractivity contribution in [2.24, 2.45) is 10.9 Å². The Morgan fingerprint density at radius 3 is 2.74 bits per heavy atom. The van der Waals surface area contributed by atoms with E-state index in [1.54, 1.807) is 6.07 Å². The normalized spacial score (nSPS) is 19.6. The second kappa shape index (κ2) is 7.44. The number of imidazole rings is 1. The van der Waals surface area contributed by atoms with Gasteiger partial charge in [-0.1, -0.05) is 12.1 Å². The summed E-state index contributed by atoms with van der Waals surface area (Å²) in [6.07, 6.45) is 2.55. The van der Waals surface area contributed by atoms with Gasteiger partial charge >= 0.3 is 6.18 Å². The number of piperidine rings is 1. The fourth-order valence-corrected chi connectivity index (χ4v) is 4.14. The van der Waals surface area contributed by atoms with Gasteiger partial charge < -0.3 is 4.90 Å². The zero-order valence-electron chi connectivity index (χ0n) is 16.3. The summed E-state index contributed by atoms with van der Waals surface area (Å²) < 4.78 is 54.6. The lowest BCUT2D eigenvalue weighted by atomic mass is 9.90. The molecule has 31 heavy (non-hydrogen) atoms. The van der Waals surface area contributed by atoms with Crippen LogP contribution in [0.5, 0.6) is 0 Å². The Morgan fingerprint density at radius 1 is 1.10 bits per heavy atom. The van der Waals surface area contributed by atoms with Crippen molar-refractivity contribution in [2.45, 2.75) is 19.0 Å². The number of alkyl halides is 3. The molecular formula is C21H18F4N6. The average molecular weight is 430 g/mol. The van der Waals surface area contributed by atoms with Crippen LogP contribution in [0.1, 0.15) is 18.5 Å². The molecule has 10 heteroatoms. The molecule has 2 aliphatic heterocycles. The van der Waals surface area contributed by atoms with Gasteiger partial charge in [-0.3, -0.25) is 9.39 Å². The van der Waals surface area contributed by atoms with Crippen LogP contribution in [0.3, 0.4) is 0 Å². The first kappa shape index (κ1) is 19.7. The highest BCUT2D eigenvalue weighted by atomic mass is 19.4. The van der Waals surface area contributed by atoms with Crippen molar-refractivity contribution >= 4 is 17.4 Å². The Labute approximate surface area is 175 Å². The SMILES string of the molecule is FC1=NCC=C1C1CCCN(c2cccc(-c3cnc4cnc(C(F)(F)F)cn34)n2)C1. The summed E-state index contributed by atoms with van der Waals surface area (Å²) in [6.45, 7) is 1.77. The molecule has 5 heterocycles. The van der Waals surface area contributed by atoms with E-state index in [1.807, 2.05) is 18.2 Å². The zero-order valence-corrected chi connectivity index (χ0v) is 16.3. The minimum atomic E-state index is -4.55. The first-order valence-electron chi connectivity index (χ1n) is 9.93. The zero-order chi connectivity index (χ0) is 21.6. The largest absolute Gasteiger partial charge is 0.434 e. The molecule has 1 atom stereocenters. The van der Waals surface area contributed by atoms with Crippen LogP contribution in [0.4, 0.5) is 23.4 Å². The topological polar surface area (TPSA) is 58.7 Å². The van der Waals surface area contributed by atoms with Crippen LogP contribution in [-0.4, -0.2) is 45.0 Å². The van der Waals surface area contributed by atoms with Crippen LogP contribution in [0.15, 0.2) is 53.4 Å². The van der Waals surface area contributed by atoms with Gasteiger partial charge in [0.15, 0.2) is 11.3 Å². The lowest BCUT2D eigenvalue weighted by molar-refractivity contribution is -0.141. The Bertz CT molecular complexity index is 1200.